The number of nitrogens with one attached hydrogen (secondary N) is 3. The van der Waals surface area contributed by atoms with Crippen LogP contribution in [0.15, 0.2) is 66.7 Å². The summed E-state index contributed by atoms with van der Waals surface area (Å²) in [4.78, 5) is 8.95. The van der Waals surface area contributed by atoms with E-state index in [1.807, 2.05) is 49.4 Å². The van der Waals surface area contributed by atoms with Gasteiger partial charge in [0.2, 0.25) is 10.0 Å². The number of anilines is 3. The molecule has 2 aromatic heterocycles. The molecule has 9 nitrogen and oxygen atoms in total. The average molecular weight is 436 g/mol. The number of ether oxygens (including phenoxy) is 1. The van der Waals surface area contributed by atoms with Crippen LogP contribution in [0.3, 0.4) is 0 Å². The Hall–Kier alpha value is -3.92. The predicted molar refractivity (Wildman–Crippen MR) is 119 cm³/mol. The summed E-state index contributed by atoms with van der Waals surface area (Å²) in [5.74, 6) is 1.61. The molecule has 0 saturated carbocycles. The molecule has 2 heterocycles. The van der Waals surface area contributed by atoms with Crippen LogP contribution in [0.1, 0.15) is 5.69 Å². The molecule has 4 rings (SSSR count). The van der Waals surface area contributed by atoms with Gasteiger partial charge in [-0.15, -0.1) is 0 Å². The maximum absolute atomic E-state index is 11.4. The van der Waals surface area contributed by atoms with Crippen LogP contribution in [-0.4, -0.2) is 34.8 Å². The normalized spacial score (nSPS) is 11.2. The van der Waals surface area contributed by atoms with Crippen molar-refractivity contribution in [2.75, 3.05) is 16.3 Å². The quantitative estimate of drug-likeness (QED) is 0.399. The summed E-state index contributed by atoms with van der Waals surface area (Å²) in [5, 5.41) is 10.2. The molecule has 0 atom stereocenters. The molecule has 0 aliphatic heterocycles. The van der Waals surface area contributed by atoms with Crippen LogP contribution in [-0.2, 0) is 10.0 Å². The van der Waals surface area contributed by atoms with Crippen molar-refractivity contribution in [2.45, 2.75) is 6.92 Å². The Labute approximate surface area is 179 Å². The summed E-state index contributed by atoms with van der Waals surface area (Å²) in [6, 6.07) is 20.0. The average Bonchev–Trinajstić information content (AvgIpc) is 3.13. The topological polar surface area (TPSA) is 122 Å². The number of aryl methyl sites for hydroxylation is 1. The second kappa shape index (κ2) is 8.44. The van der Waals surface area contributed by atoms with Crippen LogP contribution in [0.25, 0.3) is 11.3 Å². The Morgan fingerprint density at radius 3 is 2.32 bits per heavy atom. The maximum atomic E-state index is 11.4. The SMILES string of the molecule is Cc1cc(Nc2cc(-c3ccccc3)nc(Oc3ccc(NS(C)(=O)=O)cc3)n2)n[nH]1. The summed E-state index contributed by atoms with van der Waals surface area (Å²) >= 11 is 0. The van der Waals surface area contributed by atoms with Crippen LogP contribution < -0.4 is 14.8 Å². The van der Waals surface area contributed by atoms with E-state index in [9.17, 15) is 8.42 Å². The van der Waals surface area contributed by atoms with Crippen molar-refractivity contribution >= 4 is 27.3 Å². The molecule has 0 spiro atoms. The highest BCUT2D eigenvalue weighted by Gasteiger charge is 2.11. The third-order valence-corrected chi connectivity index (χ3v) is 4.71. The number of rotatable bonds is 7. The van der Waals surface area contributed by atoms with Gasteiger partial charge in [-0.25, -0.2) is 8.42 Å². The smallest absolute Gasteiger partial charge is 0.324 e. The van der Waals surface area contributed by atoms with E-state index in [1.54, 1.807) is 24.3 Å². The van der Waals surface area contributed by atoms with Gasteiger partial charge in [0.1, 0.15) is 11.6 Å². The van der Waals surface area contributed by atoms with Gasteiger partial charge in [0, 0.05) is 29.1 Å². The monoisotopic (exact) mass is 436 g/mol. The van der Waals surface area contributed by atoms with Gasteiger partial charge >= 0.3 is 6.01 Å². The summed E-state index contributed by atoms with van der Waals surface area (Å²) < 4.78 is 31.0. The lowest BCUT2D eigenvalue weighted by Crippen LogP contribution is -2.09. The molecule has 0 saturated heterocycles. The zero-order valence-corrected chi connectivity index (χ0v) is 17.6. The van der Waals surface area contributed by atoms with Crippen molar-refractivity contribution < 1.29 is 13.2 Å². The summed E-state index contributed by atoms with van der Waals surface area (Å²) in [7, 11) is -3.35. The third-order valence-electron chi connectivity index (χ3n) is 4.10. The van der Waals surface area contributed by atoms with Crippen LogP contribution in [0.2, 0.25) is 0 Å². The predicted octanol–water partition coefficient (Wildman–Crippen LogP) is 4.08. The van der Waals surface area contributed by atoms with Gasteiger partial charge in [-0.1, -0.05) is 30.3 Å². The highest BCUT2D eigenvalue weighted by Crippen LogP contribution is 2.27. The first-order valence-electron chi connectivity index (χ1n) is 9.33. The van der Waals surface area contributed by atoms with Crippen molar-refractivity contribution in [2.24, 2.45) is 0 Å². The lowest BCUT2D eigenvalue weighted by atomic mass is 10.1. The molecule has 0 unspecified atom stereocenters. The molecule has 31 heavy (non-hydrogen) atoms. The number of sulfonamides is 1. The van der Waals surface area contributed by atoms with Crippen LogP contribution in [0.4, 0.5) is 17.3 Å². The molecule has 0 fully saturated rings. The molecule has 0 amide bonds. The van der Waals surface area contributed by atoms with Crippen molar-refractivity contribution in [3.63, 3.8) is 0 Å². The maximum Gasteiger partial charge on any atom is 0.324 e. The molecule has 158 valence electrons. The summed E-state index contributed by atoms with van der Waals surface area (Å²) in [6.07, 6.45) is 1.09. The van der Waals surface area contributed by atoms with Gasteiger partial charge in [0.15, 0.2) is 5.82 Å². The molecule has 2 aromatic carbocycles. The minimum absolute atomic E-state index is 0.139. The lowest BCUT2D eigenvalue weighted by molar-refractivity contribution is 0.443. The van der Waals surface area contributed by atoms with E-state index >= 15 is 0 Å². The fourth-order valence-corrected chi connectivity index (χ4v) is 3.38. The number of H-pyrrole nitrogens is 1. The number of nitrogens with zero attached hydrogens (tertiary/aromatic N) is 3. The molecule has 0 bridgehead atoms. The van der Waals surface area contributed by atoms with Crippen molar-refractivity contribution in [1.29, 1.82) is 0 Å². The highest BCUT2D eigenvalue weighted by molar-refractivity contribution is 7.92. The second-order valence-electron chi connectivity index (χ2n) is 6.85. The van der Waals surface area contributed by atoms with Gasteiger partial charge in [-0.05, 0) is 31.2 Å². The zero-order valence-electron chi connectivity index (χ0n) is 16.8. The Balaban J connectivity index is 1.63. The molecule has 0 aliphatic rings. The van der Waals surface area contributed by atoms with E-state index in [-0.39, 0.29) is 6.01 Å². The molecule has 10 heteroatoms. The molecule has 0 aliphatic carbocycles. The largest absolute Gasteiger partial charge is 0.424 e. The van der Waals surface area contributed by atoms with E-state index in [4.69, 9.17) is 4.74 Å². The Bertz CT molecular complexity index is 1290. The van der Waals surface area contributed by atoms with Crippen LogP contribution >= 0.6 is 0 Å². The van der Waals surface area contributed by atoms with Crippen LogP contribution in [0, 0.1) is 6.92 Å². The Morgan fingerprint density at radius 2 is 1.68 bits per heavy atom. The van der Waals surface area contributed by atoms with Gasteiger partial charge in [-0.3, -0.25) is 9.82 Å². The first-order chi connectivity index (χ1) is 14.8. The van der Waals surface area contributed by atoms with E-state index in [2.05, 4.69) is 30.2 Å². The third kappa shape index (κ3) is 5.58. The second-order valence-corrected chi connectivity index (χ2v) is 8.60. The minimum atomic E-state index is -3.35. The van der Waals surface area contributed by atoms with E-state index in [0.717, 1.165) is 17.5 Å². The first-order valence-corrected chi connectivity index (χ1v) is 11.2. The van der Waals surface area contributed by atoms with E-state index in [1.165, 1.54) is 0 Å². The molecule has 0 radical (unpaired) electrons. The zero-order chi connectivity index (χ0) is 21.8. The number of aromatic nitrogens is 4. The van der Waals surface area contributed by atoms with E-state index in [0.29, 0.717) is 28.8 Å². The lowest BCUT2D eigenvalue weighted by Gasteiger charge is -2.10. The summed E-state index contributed by atoms with van der Waals surface area (Å²) in [6.45, 7) is 1.91. The van der Waals surface area contributed by atoms with Gasteiger partial charge in [-0.2, -0.15) is 15.1 Å². The number of hydrogen-bond acceptors (Lipinski definition) is 7. The van der Waals surface area contributed by atoms with Crippen LogP contribution in [0.5, 0.6) is 11.8 Å². The molecular weight excluding hydrogens is 416 g/mol. The van der Waals surface area contributed by atoms with Crippen molar-refractivity contribution in [3.8, 4) is 23.0 Å². The first kappa shape index (κ1) is 20.4. The molecule has 4 aromatic rings. The Morgan fingerprint density at radius 1 is 0.935 bits per heavy atom. The molecule has 3 N–H and O–H groups in total. The van der Waals surface area contributed by atoms with Crippen molar-refractivity contribution in [3.05, 3.63) is 72.4 Å². The standard InChI is InChI=1S/C21H20N6O3S/c1-14-12-20(26-25-14)23-19-13-18(15-6-4-3-5-7-15)22-21(24-19)30-17-10-8-16(9-11-17)27-31(2,28)29/h3-13,27H,1-2H3,(H2,22,23,24,25,26). The van der Waals surface area contributed by atoms with Gasteiger partial charge < -0.3 is 10.1 Å². The fraction of sp³-hybridized carbons (Fsp3) is 0.0952. The van der Waals surface area contributed by atoms with Crippen molar-refractivity contribution in [1.82, 2.24) is 20.2 Å². The van der Waals surface area contributed by atoms with E-state index < -0.39 is 10.0 Å². The molecular formula is C21H20N6O3S. The fourth-order valence-electron chi connectivity index (χ4n) is 2.82. The Kier molecular flexibility index (Phi) is 5.54. The van der Waals surface area contributed by atoms with Gasteiger partial charge in [0.25, 0.3) is 0 Å². The number of aromatic amines is 1. The van der Waals surface area contributed by atoms with Gasteiger partial charge in [0.05, 0.1) is 11.9 Å². The summed E-state index contributed by atoms with van der Waals surface area (Å²) in [5.41, 5.74) is 2.93. The number of hydrogen-bond donors (Lipinski definition) is 3. The minimum Gasteiger partial charge on any atom is -0.424 e. The highest BCUT2D eigenvalue weighted by atomic mass is 32.2. The number of benzene rings is 2.